The van der Waals surface area contributed by atoms with Crippen molar-refractivity contribution in [3.8, 4) is 0 Å². The van der Waals surface area contributed by atoms with E-state index < -0.39 is 237 Å². The van der Waals surface area contributed by atoms with E-state index in [1.165, 1.54) is 261 Å². The summed E-state index contributed by atoms with van der Waals surface area (Å²) in [4.78, 5) is 194. The summed E-state index contributed by atoms with van der Waals surface area (Å²) < 4.78 is 135. The highest BCUT2D eigenvalue weighted by atomic mass is 35.6. The largest absolute Gasteiger partial charge is 0.459 e. The molecule has 4 aliphatic rings. The van der Waals surface area contributed by atoms with E-state index in [2.05, 4.69) is 0 Å². The van der Waals surface area contributed by atoms with E-state index in [9.17, 15) is 39.0 Å². The third-order valence-corrected chi connectivity index (χ3v) is 23.2. The van der Waals surface area contributed by atoms with Crippen LogP contribution in [0.1, 0.15) is 128 Å². The Morgan fingerprint density at radius 3 is 0.669 bits per heavy atom. The molecule has 0 aliphatic carbocycles. The first-order chi connectivity index (χ1) is 70.2. The Kier molecular flexibility index (Phi) is 35.5. The zero-order chi connectivity index (χ0) is 102. The lowest BCUT2D eigenvalue weighted by Crippen LogP contribution is -2.69. The minimum Gasteiger partial charge on any atom is -0.459 e. The van der Waals surface area contributed by atoms with E-state index in [0.29, 0.717) is 0 Å². The second-order valence-electron chi connectivity index (χ2n) is 32.6. The number of halogens is 3. The summed E-state index contributed by atoms with van der Waals surface area (Å²) in [7, 11) is 0. The third-order valence-electron chi connectivity index (χ3n) is 22.7. The fraction of sp³-hybridized carbons (Fsp3) is 0.252. The molecule has 0 unspecified atom stereocenters. The van der Waals surface area contributed by atoms with Crippen molar-refractivity contribution in [1.82, 2.24) is 0 Å². The molecule has 35 nitrogen and oxygen atoms in total. The predicted octanol–water partition coefficient (Wildman–Crippen LogP) is 14.3. The van der Waals surface area contributed by atoms with Crippen LogP contribution < -0.4 is 0 Å². The lowest BCUT2D eigenvalue weighted by Gasteiger charge is -2.51. The van der Waals surface area contributed by atoms with Gasteiger partial charge in [0.05, 0.1) is 67.8 Å². The van der Waals surface area contributed by atoms with E-state index in [1.807, 2.05) is 0 Å². The van der Waals surface area contributed by atoms with Crippen LogP contribution in [0.3, 0.4) is 0 Å². The Morgan fingerprint density at radius 1 is 0.221 bits per heavy atom. The number of hydrogen-bond acceptors (Lipinski definition) is 35. The van der Waals surface area contributed by atoms with Gasteiger partial charge in [-0.2, -0.15) is 0 Å². The van der Waals surface area contributed by atoms with Crippen LogP contribution in [0.2, 0.25) is 0 Å². The number of hydrogen-bond donors (Lipinski definition) is 1. The van der Waals surface area contributed by atoms with Crippen molar-refractivity contribution in [2.24, 2.45) is 0 Å². The number of benzene rings is 11. The molecule has 38 heteroatoms. The van der Waals surface area contributed by atoms with Gasteiger partial charge in [-0.3, -0.25) is 15.0 Å². The van der Waals surface area contributed by atoms with Gasteiger partial charge in [0.15, 0.2) is 86.0 Å². The molecule has 0 amide bonds. The molecule has 0 saturated carbocycles. The second-order valence-corrected chi connectivity index (χ2v) is 34.9. The molecule has 11 aromatic rings. The molecule has 15 rings (SSSR count). The molecule has 4 heterocycles. The van der Waals surface area contributed by atoms with E-state index >= 15 is 28.8 Å². The van der Waals surface area contributed by atoms with Gasteiger partial charge < -0.3 is 99.5 Å². The van der Waals surface area contributed by atoms with Gasteiger partial charge in [0.25, 0.3) is 3.79 Å². The van der Waals surface area contributed by atoms with Crippen molar-refractivity contribution in [1.29, 1.82) is 5.41 Å². The summed E-state index contributed by atoms with van der Waals surface area (Å²) in [5.74, 6) is -16.5. The first-order valence-corrected chi connectivity index (χ1v) is 46.3. The molecule has 4 fully saturated rings. The van der Waals surface area contributed by atoms with Crippen molar-refractivity contribution in [2.45, 2.75) is 140 Å². The SMILES string of the molecule is CC(=O)O[C@@H]1[C@@H](O[C@@H]2[C@@H](O[C@@H]3[C@H](OC(=O)c4ccccc4)[C@@H](OC(=N)C(Cl)(Cl)Cl)O[C@H](CO[C@H]4O[C@H](COC(=O)c5ccccc5)[C@@H](OC(=O)c5ccccc5)[C@H](OC(=O)c5ccccc5)[C@@H]4OC(=O)c4ccccc4)[C@H]3OC(C)=O)O[C@H](COC(=O)c3ccccc3)[C@@H](OC(=O)c3ccccc3)[C@@H]2OC(=O)c2ccccc2)O[C@H](COC(=O)c2ccccc2)[C@@H](OC(=O)c2ccccc2)[C@@H]1OC(=O)c1ccccc1. The summed E-state index contributed by atoms with van der Waals surface area (Å²) in [5.41, 5.74) is -1.43. The molecule has 0 bridgehead atoms. The monoisotopic (exact) mass is 2040 g/mol. The maximum absolute atomic E-state index is 15.8. The molecule has 11 aromatic carbocycles. The molecular weight excluding hydrogens is 1950 g/mol. The number of nitrogens with one attached hydrogen (secondary N) is 1. The van der Waals surface area contributed by atoms with Crippen molar-refractivity contribution >= 4 is 118 Å². The lowest BCUT2D eigenvalue weighted by atomic mass is 9.94. The van der Waals surface area contributed by atoms with Crippen molar-refractivity contribution in [3.05, 3.63) is 395 Å². The van der Waals surface area contributed by atoms with Crippen LogP contribution in [0, 0.1) is 5.41 Å². The maximum atomic E-state index is 15.8. The highest BCUT2D eigenvalue weighted by Gasteiger charge is 2.63. The normalized spacial score (nSPS) is 23.7. The molecule has 0 spiro atoms. The first-order valence-electron chi connectivity index (χ1n) is 45.1. The van der Waals surface area contributed by atoms with Crippen LogP contribution >= 0.6 is 34.8 Å². The van der Waals surface area contributed by atoms with E-state index in [-0.39, 0.29) is 61.2 Å². The predicted molar refractivity (Wildman–Crippen MR) is 506 cm³/mol. The molecule has 0 aromatic heterocycles. The highest BCUT2D eigenvalue weighted by molar-refractivity contribution is 6.76. The van der Waals surface area contributed by atoms with Gasteiger partial charge in [0.2, 0.25) is 12.2 Å². The molecule has 1 N–H and O–H groups in total. The molecule has 145 heavy (non-hydrogen) atoms. The van der Waals surface area contributed by atoms with Gasteiger partial charge in [-0.15, -0.1) is 0 Å². The average molecular weight is 2040 g/mol. The number of rotatable bonds is 35. The fourth-order valence-corrected chi connectivity index (χ4v) is 15.9. The fourth-order valence-electron chi connectivity index (χ4n) is 15.8. The summed E-state index contributed by atoms with van der Waals surface area (Å²) in [6.07, 6.45) is -45.9. The number of carbonyl (C=O) groups excluding carboxylic acids is 13. The number of carbonyl (C=O) groups is 13. The van der Waals surface area contributed by atoms with Crippen LogP contribution in [0.15, 0.2) is 334 Å². The highest BCUT2D eigenvalue weighted by Crippen LogP contribution is 2.43. The third kappa shape index (κ3) is 27.3. The zero-order valence-electron chi connectivity index (χ0n) is 76.6. The smallest absolute Gasteiger partial charge is 0.338 e. The van der Waals surface area contributed by atoms with Crippen LogP contribution in [0.25, 0.3) is 0 Å². The van der Waals surface area contributed by atoms with Crippen molar-refractivity contribution < 1.29 is 162 Å². The molecular formula is C107H90Cl3NO34. The Hall–Kier alpha value is -15.4. The van der Waals surface area contributed by atoms with E-state index in [0.717, 1.165) is 13.8 Å². The summed E-state index contributed by atoms with van der Waals surface area (Å²) >= 11 is 19.6. The van der Waals surface area contributed by atoms with Gasteiger partial charge in [-0.1, -0.05) is 235 Å². The van der Waals surface area contributed by atoms with Crippen LogP contribution in [-0.2, 0) is 109 Å². The van der Waals surface area contributed by atoms with Gasteiger partial charge in [0, 0.05) is 13.8 Å². The van der Waals surface area contributed by atoms with E-state index in [1.54, 1.807) is 72.8 Å². The minimum atomic E-state index is -2.91. The topological polar surface area (TPSA) is 440 Å². The van der Waals surface area contributed by atoms with Gasteiger partial charge in [-0.05, 0) is 133 Å². The second kappa shape index (κ2) is 49.5. The summed E-state index contributed by atoms with van der Waals surface area (Å²) in [5, 5.41) is 9.34. The van der Waals surface area contributed by atoms with Crippen LogP contribution in [0.5, 0.6) is 0 Å². The Bertz CT molecular complexity index is 6300. The average Bonchev–Trinajstić information content (AvgIpc) is 0.749. The molecule has 4 aliphatic heterocycles. The standard InChI is InChI=1S/C107H90Cl3NO34/c1-62(112)129-79-78(61-128-102-87(141-100(123)73-54-32-12-33-55-73)83(138-97(120)70-48-26-9-27-49-70)80(135-94(117)67-42-20-6-21-43-67)75(131-102)58-125-91(114)64-36-14-3-15-37-64)134-105(145-106(111)107(108,109)110)89(142-101(124)74-56-34-13-35-57-74)86(79)143-104-90(85(140-99(122)72-52-30-11-31-53-72)82(137-96(119)69-46-24-8-25-47-69)77(133-104)60-127-93(116)66-40-18-5-19-41-66)144-103-88(130-63(2)113)84(139-98(121)71-50-28-10-29-51-71)81(136-95(118)68-44-22-7-23-45-68)76(132-103)59-126-92(115)65-38-16-4-17-39-65/h3-57,75-90,102-105,111H,58-61H2,1-2H3/t75-,76-,77-,78-,79-,80-,81-,82-,83+,84+,85+,86+,87+,88+,89+,90+,102+,103-,104-,105-/m1/s1. The van der Waals surface area contributed by atoms with Gasteiger partial charge in [-0.25, -0.2) is 52.7 Å². The zero-order valence-corrected chi connectivity index (χ0v) is 78.9. The minimum absolute atomic E-state index is 0.00282. The molecule has 20 atom stereocenters. The summed E-state index contributed by atoms with van der Waals surface area (Å²) in [6, 6.07) is 80.0. The molecule has 748 valence electrons. The van der Waals surface area contributed by atoms with Crippen molar-refractivity contribution in [3.63, 3.8) is 0 Å². The van der Waals surface area contributed by atoms with Crippen LogP contribution in [0.4, 0.5) is 0 Å². The lowest BCUT2D eigenvalue weighted by molar-refractivity contribution is -0.386. The van der Waals surface area contributed by atoms with Crippen LogP contribution in [-0.4, -0.2) is 237 Å². The number of esters is 13. The summed E-state index contributed by atoms with van der Waals surface area (Å²) in [6.45, 7) is -2.44. The van der Waals surface area contributed by atoms with Crippen molar-refractivity contribution in [2.75, 3.05) is 26.4 Å². The van der Waals surface area contributed by atoms with Gasteiger partial charge in [0.1, 0.15) is 50.3 Å². The maximum Gasteiger partial charge on any atom is 0.338 e. The Labute approximate surface area is 842 Å². The number of ether oxygens (including phenoxy) is 21. The molecule has 0 radical (unpaired) electrons. The number of alkyl halides is 3. The Morgan fingerprint density at radius 2 is 0.407 bits per heavy atom. The van der Waals surface area contributed by atoms with E-state index in [4.69, 9.17) is 134 Å². The molecule has 4 saturated heterocycles. The quantitative estimate of drug-likeness (QED) is 0.0127. The first kappa shape index (κ1) is 104. The Balaban J connectivity index is 0.935. The van der Waals surface area contributed by atoms with Gasteiger partial charge >= 0.3 is 77.6 Å².